The first kappa shape index (κ1) is 11.6. The summed E-state index contributed by atoms with van der Waals surface area (Å²) in [5, 5.41) is 0. The molecular formula is C13H14O4. The van der Waals surface area contributed by atoms with E-state index in [1.807, 2.05) is 20.8 Å². The molecule has 17 heavy (non-hydrogen) atoms. The summed E-state index contributed by atoms with van der Waals surface area (Å²) in [6.45, 7) is 6.07. The number of ketones is 1. The summed E-state index contributed by atoms with van der Waals surface area (Å²) in [4.78, 5) is 22.8. The van der Waals surface area contributed by atoms with E-state index in [2.05, 4.69) is 0 Å². The minimum Gasteiger partial charge on any atom is -0.493 e. The van der Waals surface area contributed by atoms with Crippen LogP contribution in [0.25, 0.3) is 0 Å². The van der Waals surface area contributed by atoms with E-state index in [-0.39, 0.29) is 11.2 Å². The van der Waals surface area contributed by atoms with Crippen LogP contribution in [0.4, 0.5) is 0 Å². The average Bonchev–Trinajstić information content (AvgIpc) is 2.53. The zero-order valence-corrected chi connectivity index (χ0v) is 10.3. The average molecular weight is 234 g/mol. The van der Waals surface area contributed by atoms with Crippen LogP contribution in [0.3, 0.4) is 0 Å². The Kier molecular flexibility index (Phi) is 2.45. The number of ether oxygens (including phenoxy) is 2. The second kappa shape index (κ2) is 3.58. The normalized spacial score (nSPS) is 14.6. The molecule has 0 saturated carbocycles. The number of methoxy groups -OCH3 is 1. The molecule has 0 saturated heterocycles. The third kappa shape index (κ3) is 1.79. The highest BCUT2D eigenvalue weighted by molar-refractivity contribution is 6.44. The lowest BCUT2D eigenvalue weighted by molar-refractivity contribution is -0.128. The Labute approximate surface area is 99.5 Å². The van der Waals surface area contributed by atoms with Crippen molar-refractivity contribution in [3.8, 4) is 11.5 Å². The number of hydrogen-bond acceptors (Lipinski definition) is 4. The highest BCUT2D eigenvalue weighted by Gasteiger charge is 2.35. The van der Waals surface area contributed by atoms with E-state index in [4.69, 9.17) is 9.47 Å². The van der Waals surface area contributed by atoms with Crippen molar-refractivity contribution in [2.45, 2.75) is 26.2 Å². The molecule has 1 aliphatic rings. The van der Waals surface area contributed by atoms with Crippen LogP contribution in [0.15, 0.2) is 12.1 Å². The summed E-state index contributed by atoms with van der Waals surface area (Å²) in [5.41, 5.74) is 1.09. The van der Waals surface area contributed by atoms with Gasteiger partial charge in [0.25, 0.3) is 5.78 Å². The number of carbonyl (C=O) groups excluding carboxylic acids is 2. The number of Topliss-reactive ketones (excluding diaryl/α,β-unsaturated/α-hetero) is 1. The maximum absolute atomic E-state index is 11.6. The first-order valence-electron chi connectivity index (χ1n) is 5.33. The summed E-state index contributed by atoms with van der Waals surface area (Å²) in [6, 6.07) is 3.50. The number of carbonyl (C=O) groups is 2. The number of benzene rings is 1. The zero-order chi connectivity index (χ0) is 12.8. The standard InChI is InChI=1S/C13H14O4/c1-13(2,3)7-5-8-10(14)12(15)17-11(8)9(6-7)16-4/h5-6H,1-4H3. The lowest BCUT2D eigenvalue weighted by Crippen LogP contribution is -2.13. The molecule has 0 unspecified atom stereocenters. The summed E-state index contributed by atoms with van der Waals surface area (Å²) in [7, 11) is 1.48. The Morgan fingerprint density at radius 2 is 1.82 bits per heavy atom. The quantitative estimate of drug-likeness (QED) is 0.424. The van der Waals surface area contributed by atoms with Gasteiger partial charge in [0.05, 0.1) is 12.7 Å². The number of fused-ring (bicyclic) bond motifs is 1. The molecule has 1 aliphatic heterocycles. The first-order valence-corrected chi connectivity index (χ1v) is 5.33. The van der Waals surface area contributed by atoms with E-state index in [0.717, 1.165) is 5.56 Å². The van der Waals surface area contributed by atoms with Gasteiger partial charge in [0, 0.05) is 0 Å². The predicted molar refractivity (Wildman–Crippen MR) is 61.7 cm³/mol. The molecule has 0 aromatic heterocycles. The molecule has 0 atom stereocenters. The van der Waals surface area contributed by atoms with Crippen molar-refractivity contribution in [3.05, 3.63) is 23.3 Å². The molecule has 0 N–H and O–H groups in total. The fourth-order valence-electron chi connectivity index (χ4n) is 1.71. The molecule has 0 fully saturated rings. The van der Waals surface area contributed by atoms with E-state index >= 15 is 0 Å². The largest absolute Gasteiger partial charge is 0.493 e. The highest BCUT2D eigenvalue weighted by atomic mass is 16.6. The van der Waals surface area contributed by atoms with E-state index in [1.54, 1.807) is 12.1 Å². The molecule has 1 aromatic rings. The molecule has 4 nitrogen and oxygen atoms in total. The Bertz CT molecular complexity index is 509. The van der Waals surface area contributed by atoms with Crippen molar-refractivity contribution in [1.29, 1.82) is 0 Å². The van der Waals surface area contributed by atoms with Crippen molar-refractivity contribution in [2.75, 3.05) is 7.11 Å². The minimum absolute atomic E-state index is 0.131. The van der Waals surface area contributed by atoms with Crippen molar-refractivity contribution in [3.63, 3.8) is 0 Å². The maximum atomic E-state index is 11.6. The van der Waals surface area contributed by atoms with E-state index in [1.165, 1.54) is 7.11 Å². The first-order chi connectivity index (χ1) is 7.84. The van der Waals surface area contributed by atoms with Gasteiger partial charge in [-0.25, -0.2) is 4.79 Å². The van der Waals surface area contributed by atoms with Crippen LogP contribution in [0.5, 0.6) is 11.5 Å². The van der Waals surface area contributed by atoms with Crippen LogP contribution >= 0.6 is 0 Å². The number of rotatable bonds is 1. The summed E-state index contributed by atoms with van der Waals surface area (Å²) in [5.74, 6) is -0.795. The second-order valence-electron chi connectivity index (χ2n) is 5.02. The molecule has 1 heterocycles. The van der Waals surface area contributed by atoms with Gasteiger partial charge in [0.1, 0.15) is 0 Å². The van der Waals surface area contributed by atoms with Crippen molar-refractivity contribution in [2.24, 2.45) is 0 Å². The fourth-order valence-corrected chi connectivity index (χ4v) is 1.71. The molecule has 90 valence electrons. The highest BCUT2D eigenvalue weighted by Crippen LogP contribution is 2.40. The Morgan fingerprint density at radius 3 is 2.35 bits per heavy atom. The Balaban J connectivity index is 2.66. The zero-order valence-electron chi connectivity index (χ0n) is 10.3. The Hall–Kier alpha value is -1.84. The third-order valence-electron chi connectivity index (χ3n) is 2.77. The number of esters is 1. The van der Waals surface area contributed by atoms with Crippen LogP contribution in [0.1, 0.15) is 36.7 Å². The molecule has 0 aliphatic carbocycles. The van der Waals surface area contributed by atoms with Gasteiger partial charge >= 0.3 is 5.97 Å². The van der Waals surface area contributed by atoms with E-state index in [0.29, 0.717) is 11.3 Å². The van der Waals surface area contributed by atoms with Gasteiger partial charge in [-0.1, -0.05) is 20.8 Å². The number of hydrogen-bond donors (Lipinski definition) is 0. The summed E-state index contributed by atoms with van der Waals surface area (Å²) in [6.07, 6.45) is 0. The molecule has 2 rings (SSSR count). The van der Waals surface area contributed by atoms with Crippen LogP contribution in [0, 0.1) is 0 Å². The summed E-state index contributed by atoms with van der Waals surface area (Å²) >= 11 is 0. The van der Waals surface area contributed by atoms with Crippen LogP contribution in [0.2, 0.25) is 0 Å². The molecular weight excluding hydrogens is 220 g/mol. The smallest absolute Gasteiger partial charge is 0.385 e. The molecule has 0 bridgehead atoms. The van der Waals surface area contributed by atoms with Gasteiger partial charge in [-0.15, -0.1) is 0 Å². The molecule has 0 amide bonds. The lowest BCUT2D eigenvalue weighted by atomic mass is 9.85. The second-order valence-corrected chi connectivity index (χ2v) is 5.02. The lowest BCUT2D eigenvalue weighted by Gasteiger charge is -2.20. The molecule has 0 spiro atoms. The monoisotopic (exact) mass is 234 g/mol. The predicted octanol–water partition coefficient (Wildman–Crippen LogP) is 2.09. The van der Waals surface area contributed by atoms with Crippen LogP contribution in [-0.2, 0) is 10.2 Å². The van der Waals surface area contributed by atoms with Crippen molar-refractivity contribution >= 4 is 11.8 Å². The van der Waals surface area contributed by atoms with Crippen molar-refractivity contribution in [1.82, 2.24) is 0 Å². The van der Waals surface area contributed by atoms with Gasteiger partial charge in [-0.2, -0.15) is 0 Å². The van der Waals surface area contributed by atoms with Crippen LogP contribution < -0.4 is 9.47 Å². The van der Waals surface area contributed by atoms with E-state index in [9.17, 15) is 9.59 Å². The SMILES string of the molecule is COc1cc(C(C)(C)C)cc2c1OC(=O)C2=O. The van der Waals surface area contributed by atoms with Gasteiger partial charge in [-0.3, -0.25) is 4.79 Å². The Morgan fingerprint density at radius 1 is 1.18 bits per heavy atom. The molecule has 0 radical (unpaired) electrons. The van der Waals surface area contributed by atoms with Crippen molar-refractivity contribution < 1.29 is 19.1 Å². The maximum Gasteiger partial charge on any atom is 0.385 e. The van der Waals surface area contributed by atoms with Gasteiger partial charge in [0.2, 0.25) is 0 Å². The van der Waals surface area contributed by atoms with E-state index < -0.39 is 11.8 Å². The minimum atomic E-state index is -0.843. The molecule has 4 heteroatoms. The third-order valence-corrected chi connectivity index (χ3v) is 2.77. The van der Waals surface area contributed by atoms with Gasteiger partial charge in [0.15, 0.2) is 11.5 Å². The molecule has 1 aromatic carbocycles. The van der Waals surface area contributed by atoms with Gasteiger partial charge in [-0.05, 0) is 23.1 Å². The summed E-state index contributed by atoms with van der Waals surface area (Å²) < 4.78 is 10.1. The van der Waals surface area contributed by atoms with Gasteiger partial charge < -0.3 is 9.47 Å². The van der Waals surface area contributed by atoms with Crippen LogP contribution in [-0.4, -0.2) is 18.9 Å². The fraction of sp³-hybridized carbons (Fsp3) is 0.385. The topological polar surface area (TPSA) is 52.6 Å².